The van der Waals surface area contributed by atoms with Crippen LogP contribution in [0.15, 0.2) is 60.8 Å². The lowest BCUT2D eigenvalue weighted by Crippen LogP contribution is -2.28. The Morgan fingerprint density at radius 1 is 0.560 bits per heavy atom. The largest absolute Gasteiger partial charge is 0.480 e. The topological polar surface area (TPSA) is 92.7 Å². The van der Waals surface area contributed by atoms with Gasteiger partial charge in [0.25, 0.3) is 0 Å². The van der Waals surface area contributed by atoms with Crippen molar-refractivity contribution in [2.24, 2.45) is 0 Å². The number of allylic oxidation sites excluding steroid dienone is 9. The van der Waals surface area contributed by atoms with E-state index in [-0.39, 0.29) is 24.5 Å². The number of carbonyl (C=O) groups is 3. The molecular weight excluding hydrogens is 622 g/mol. The quantitative estimate of drug-likeness (QED) is 0.0386. The Hall–Kier alpha value is -2.89. The molecular formula is C44H75NO5. The van der Waals surface area contributed by atoms with Crippen molar-refractivity contribution in [2.45, 2.75) is 193 Å². The molecule has 1 unspecified atom stereocenters. The zero-order valence-electron chi connectivity index (χ0n) is 32.2. The van der Waals surface area contributed by atoms with Crippen LogP contribution in [0.5, 0.6) is 0 Å². The number of carboxylic acid groups (broad SMARTS) is 1. The Balaban J connectivity index is 4.06. The minimum atomic E-state index is -1.03. The van der Waals surface area contributed by atoms with Crippen molar-refractivity contribution in [2.75, 3.05) is 6.54 Å². The molecule has 0 heterocycles. The first kappa shape index (κ1) is 47.1. The highest BCUT2D eigenvalue weighted by Gasteiger charge is 2.12. The standard InChI is InChI=1S/C44H75NO5/c1-3-5-7-9-11-13-14-15-16-17-18-19-20-21-22-23-24-25-27-29-35-39-44(49)50-41(36-32-28-26-12-10-8-6-4-2)37-33-30-31-34-38-42(46)45-40-43(47)48/h6,8,12,14-15,17-18,26,32,36,41H,3-5,7,9-11,13,16,19-25,27-31,33-35,37-40H2,1-2H3,(H,45,46)(H,47,48)/b8-6-,15-14-,18-17-,26-12-,36-32-. The summed E-state index contributed by atoms with van der Waals surface area (Å²) in [6, 6.07) is 0. The molecule has 0 spiro atoms. The van der Waals surface area contributed by atoms with Crippen molar-refractivity contribution in [3.8, 4) is 0 Å². The number of esters is 1. The zero-order chi connectivity index (χ0) is 36.6. The number of nitrogens with one attached hydrogen (secondary N) is 1. The molecule has 0 fully saturated rings. The van der Waals surface area contributed by atoms with Crippen LogP contribution in [0.4, 0.5) is 0 Å². The van der Waals surface area contributed by atoms with Crippen molar-refractivity contribution < 1.29 is 24.2 Å². The summed E-state index contributed by atoms with van der Waals surface area (Å²) in [4.78, 5) is 34.9. The van der Waals surface area contributed by atoms with Gasteiger partial charge in [0.1, 0.15) is 12.6 Å². The van der Waals surface area contributed by atoms with Gasteiger partial charge >= 0.3 is 11.9 Å². The van der Waals surface area contributed by atoms with E-state index in [9.17, 15) is 14.4 Å². The van der Waals surface area contributed by atoms with Crippen molar-refractivity contribution in [3.05, 3.63) is 60.8 Å². The summed E-state index contributed by atoms with van der Waals surface area (Å²) < 4.78 is 5.86. The van der Waals surface area contributed by atoms with Crippen molar-refractivity contribution in [3.63, 3.8) is 0 Å². The third-order valence-electron chi connectivity index (χ3n) is 8.66. The molecule has 0 aliphatic heterocycles. The van der Waals surface area contributed by atoms with Gasteiger partial charge in [-0.05, 0) is 83.1 Å². The average Bonchev–Trinajstić information content (AvgIpc) is 3.10. The van der Waals surface area contributed by atoms with Crippen LogP contribution in [0.25, 0.3) is 0 Å². The third-order valence-corrected chi connectivity index (χ3v) is 8.66. The summed E-state index contributed by atoms with van der Waals surface area (Å²) in [7, 11) is 0. The number of ether oxygens (including phenoxy) is 1. The van der Waals surface area contributed by atoms with Gasteiger partial charge in [0.05, 0.1) is 0 Å². The van der Waals surface area contributed by atoms with Crippen LogP contribution in [-0.2, 0) is 19.1 Å². The van der Waals surface area contributed by atoms with E-state index in [0.717, 1.165) is 70.6 Å². The normalized spacial score (nSPS) is 12.7. The van der Waals surface area contributed by atoms with Gasteiger partial charge in [0.2, 0.25) is 5.91 Å². The first-order chi connectivity index (χ1) is 24.5. The Labute approximate surface area is 307 Å². The Morgan fingerprint density at radius 2 is 1.04 bits per heavy atom. The SMILES string of the molecule is CC/C=C\C/C=C\C/C=C\C(CCCCCCC(=O)NCC(=O)O)OC(=O)CCCCCCCCCCC/C=C\C/C=C\CCCCCCC. The lowest BCUT2D eigenvalue weighted by Gasteiger charge is -2.14. The maximum Gasteiger partial charge on any atom is 0.322 e. The van der Waals surface area contributed by atoms with Crippen LogP contribution in [-0.4, -0.2) is 35.6 Å². The molecule has 0 saturated carbocycles. The fraction of sp³-hybridized carbons (Fsp3) is 0.705. The Morgan fingerprint density at radius 3 is 1.62 bits per heavy atom. The summed E-state index contributed by atoms with van der Waals surface area (Å²) in [6.45, 7) is 4.06. The molecule has 2 N–H and O–H groups in total. The van der Waals surface area contributed by atoms with Crippen LogP contribution in [0.2, 0.25) is 0 Å². The number of hydrogen-bond donors (Lipinski definition) is 2. The van der Waals surface area contributed by atoms with E-state index >= 15 is 0 Å². The fourth-order valence-electron chi connectivity index (χ4n) is 5.65. The van der Waals surface area contributed by atoms with Gasteiger partial charge in [-0.1, -0.05) is 152 Å². The Kier molecular flexibility index (Phi) is 36.7. The first-order valence-electron chi connectivity index (χ1n) is 20.4. The molecule has 0 aromatic carbocycles. The van der Waals surface area contributed by atoms with Gasteiger partial charge in [-0.25, -0.2) is 0 Å². The second-order valence-electron chi connectivity index (χ2n) is 13.5. The highest BCUT2D eigenvalue weighted by atomic mass is 16.5. The summed E-state index contributed by atoms with van der Waals surface area (Å²) in [5, 5.41) is 11.1. The van der Waals surface area contributed by atoms with E-state index in [1.165, 1.54) is 89.9 Å². The molecule has 6 nitrogen and oxygen atoms in total. The smallest absolute Gasteiger partial charge is 0.322 e. The predicted molar refractivity (Wildman–Crippen MR) is 212 cm³/mol. The van der Waals surface area contributed by atoms with E-state index in [0.29, 0.717) is 12.8 Å². The fourth-order valence-corrected chi connectivity index (χ4v) is 5.65. The van der Waals surface area contributed by atoms with Crippen LogP contribution in [0.3, 0.4) is 0 Å². The summed E-state index contributed by atoms with van der Waals surface area (Å²) >= 11 is 0. The maximum atomic E-state index is 12.6. The summed E-state index contributed by atoms with van der Waals surface area (Å²) in [5.41, 5.74) is 0. The van der Waals surface area contributed by atoms with E-state index in [4.69, 9.17) is 9.84 Å². The number of unbranched alkanes of at least 4 members (excludes halogenated alkanes) is 17. The average molecular weight is 698 g/mol. The molecule has 50 heavy (non-hydrogen) atoms. The molecule has 0 aliphatic rings. The molecule has 0 rings (SSSR count). The predicted octanol–water partition coefficient (Wildman–Crippen LogP) is 12.5. The molecule has 0 aromatic rings. The summed E-state index contributed by atoms with van der Waals surface area (Å²) in [5.74, 6) is -1.37. The minimum absolute atomic E-state index is 0.113. The molecule has 0 saturated heterocycles. The number of carboxylic acids is 1. The molecule has 0 bridgehead atoms. The molecule has 1 atom stereocenters. The highest BCUT2D eigenvalue weighted by molar-refractivity contribution is 5.80. The van der Waals surface area contributed by atoms with Crippen molar-refractivity contribution in [1.82, 2.24) is 5.32 Å². The van der Waals surface area contributed by atoms with Crippen molar-refractivity contribution in [1.29, 1.82) is 0 Å². The molecule has 286 valence electrons. The maximum absolute atomic E-state index is 12.6. The Bertz CT molecular complexity index is 948. The van der Waals surface area contributed by atoms with E-state index in [1.807, 2.05) is 6.08 Å². The van der Waals surface area contributed by atoms with Gasteiger partial charge in [-0.3, -0.25) is 14.4 Å². The van der Waals surface area contributed by atoms with Gasteiger partial charge in [0, 0.05) is 12.8 Å². The van der Waals surface area contributed by atoms with Gasteiger partial charge in [0.15, 0.2) is 0 Å². The second-order valence-corrected chi connectivity index (χ2v) is 13.5. The second kappa shape index (κ2) is 38.9. The third kappa shape index (κ3) is 37.9. The van der Waals surface area contributed by atoms with Gasteiger partial charge < -0.3 is 15.2 Å². The zero-order valence-corrected chi connectivity index (χ0v) is 32.2. The number of rotatable bonds is 36. The molecule has 6 heteroatoms. The lowest BCUT2D eigenvalue weighted by atomic mass is 10.1. The minimum Gasteiger partial charge on any atom is -0.480 e. The van der Waals surface area contributed by atoms with E-state index in [2.05, 4.69) is 73.8 Å². The van der Waals surface area contributed by atoms with Crippen LogP contribution in [0.1, 0.15) is 187 Å². The molecule has 0 radical (unpaired) electrons. The van der Waals surface area contributed by atoms with Crippen molar-refractivity contribution >= 4 is 17.8 Å². The van der Waals surface area contributed by atoms with Gasteiger partial charge in [-0.15, -0.1) is 0 Å². The van der Waals surface area contributed by atoms with Gasteiger partial charge in [-0.2, -0.15) is 0 Å². The number of amides is 1. The van der Waals surface area contributed by atoms with E-state index < -0.39 is 5.97 Å². The summed E-state index contributed by atoms with van der Waals surface area (Å²) in [6.07, 6.45) is 50.8. The highest BCUT2D eigenvalue weighted by Crippen LogP contribution is 2.15. The van der Waals surface area contributed by atoms with Crippen LogP contribution < -0.4 is 5.32 Å². The lowest BCUT2D eigenvalue weighted by molar-refractivity contribution is -0.147. The number of hydrogen-bond acceptors (Lipinski definition) is 4. The molecule has 1 amide bonds. The van der Waals surface area contributed by atoms with Crippen LogP contribution >= 0.6 is 0 Å². The molecule has 0 aromatic heterocycles. The molecule has 0 aliphatic carbocycles. The first-order valence-corrected chi connectivity index (χ1v) is 20.4. The monoisotopic (exact) mass is 698 g/mol. The number of carbonyl (C=O) groups excluding carboxylic acids is 2. The van der Waals surface area contributed by atoms with E-state index in [1.54, 1.807) is 0 Å². The number of aliphatic carboxylic acids is 1. The van der Waals surface area contributed by atoms with Crippen LogP contribution in [0, 0.1) is 0 Å².